The third-order valence-electron chi connectivity index (χ3n) is 0. The van der Waals surface area contributed by atoms with Crippen LogP contribution in [-0.4, -0.2) is 0 Å². The molecule has 0 amide bonds. The normalized spacial score (nSPS) is 0. The van der Waals surface area contributed by atoms with Gasteiger partial charge in [-0.25, -0.2) is 0 Å². The van der Waals surface area contributed by atoms with Gasteiger partial charge in [-0.2, -0.15) is 0 Å². The summed E-state index contributed by atoms with van der Waals surface area (Å²) in [4.78, 5) is 0. The van der Waals surface area contributed by atoms with Crippen LogP contribution in [0.2, 0.25) is 0 Å². The molecule has 0 nitrogen and oxygen atoms in total. The van der Waals surface area contributed by atoms with Crippen LogP contribution >= 0.6 is 0 Å². The summed E-state index contributed by atoms with van der Waals surface area (Å²) in [5.41, 5.74) is 0. The van der Waals surface area contributed by atoms with Crippen LogP contribution in [0, 0.1) is 31.1 Å². The van der Waals surface area contributed by atoms with E-state index in [-0.39, 0.29) is 49.9 Å². The van der Waals surface area contributed by atoms with Crippen molar-refractivity contribution in [3.05, 3.63) is 0 Å². The van der Waals surface area contributed by atoms with Crippen LogP contribution in [0.15, 0.2) is 0 Å². The maximum Gasteiger partial charge on any atom is 0 e. The number of hydrogen-bond acceptors (Lipinski definition) is 0. The number of hydrogen-bond donors (Lipinski definition) is 0. The third-order valence-corrected chi connectivity index (χ3v) is 0. The average molecular weight is 318 g/mol. The van der Waals surface area contributed by atoms with Gasteiger partial charge in [-0.15, -0.1) is 0 Å². The minimum Gasteiger partial charge on any atom is -0.269 e. The molecule has 0 aliphatic carbocycles. The van der Waals surface area contributed by atoms with Gasteiger partial charge in [-0.1, -0.05) is 0 Å². The van der Waals surface area contributed by atoms with E-state index in [9.17, 15) is 0 Å². The first-order valence-corrected chi connectivity index (χ1v) is 0. The van der Waals surface area contributed by atoms with E-state index in [1.165, 1.54) is 0 Å². The topological polar surface area (TPSA) is 0 Å². The Kier molecular flexibility index (Phi) is 5030. The van der Waals surface area contributed by atoms with E-state index in [1.807, 2.05) is 0 Å². The average Bonchev–Trinajstić information content (AvgIpc) is 0. The number of rotatable bonds is 0. The van der Waals surface area contributed by atoms with Crippen molar-refractivity contribution < 1.29 is 49.9 Å². The van der Waals surface area contributed by atoms with Gasteiger partial charge >= 0.3 is 0 Å². The van der Waals surface area contributed by atoms with Gasteiger partial charge in [-0.3, -0.25) is 18.8 Å². The maximum atomic E-state index is 0. The molecule has 0 heterocycles. The Hall–Kier alpha value is 0.772. The van der Waals surface area contributed by atoms with Crippen molar-refractivity contribution in [2.24, 2.45) is 0 Å². The van der Waals surface area contributed by atoms with Gasteiger partial charge in [0.2, 0.25) is 0 Å². The van der Waals surface area contributed by atoms with E-state index >= 15 is 0 Å². The van der Waals surface area contributed by atoms with E-state index in [4.69, 9.17) is 0 Å². The van der Waals surface area contributed by atoms with Crippen LogP contribution in [0.5, 0.6) is 0 Å². The fraction of sp³-hybridized carbons (Fsp3) is 0. The van der Waals surface area contributed by atoms with Crippen molar-refractivity contribution in [2.75, 3.05) is 0 Å². The molecule has 0 atom stereocenters. The molecular weight excluding hydrogens is 314 g/mol. The molecule has 0 aromatic carbocycles. The van der Waals surface area contributed by atoms with Crippen molar-refractivity contribution in [3.63, 3.8) is 0 Å². The molecule has 0 aromatic heterocycles. The second-order valence-corrected chi connectivity index (χ2v) is 0. The zero-order chi connectivity index (χ0) is 0. The molecule has 0 bridgehead atoms. The maximum absolute atomic E-state index is 0. The van der Waals surface area contributed by atoms with E-state index in [1.54, 1.807) is 0 Å². The SMILES string of the molecule is F.F.F.F.[U]. The molecule has 0 unspecified atom stereocenters. The van der Waals surface area contributed by atoms with Crippen LogP contribution in [0.1, 0.15) is 0 Å². The van der Waals surface area contributed by atoms with Gasteiger partial charge in [0.05, 0.1) is 0 Å². The first-order valence-electron chi connectivity index (χ1n) is 0. The zero-order valence-corrected chi connectivity index (χ0v) is 6.30. The molecule has 36 valence electrons. The molecule has 0 N–H and O–H groups in total. The van der Waals surface area contributed by atoms with Crippen molar-refractivity contribution >= 4 is 0 Å². The first kappa shape index (κ1) is 221. The van der Waals surface area contributed by atoms with E-state index in [0.717, 1.165) is 0 Å². The molecule has 0 spiro atoms. The van der Waals surface area contributed by atoms with Crippen molar-refractivity contribution in [2.45, 2.75) is 0 Å². The van der Waals surface area contributed by atoms with Gasteiger partial charge in [0.25, 0.3) is 0 Å². The van der Waals surface area contributed by atoms with Crippen LogP contribution in [-0.2, 0) is 0 Å². The van der Waals surface area contributed by atoms with Crippen molar-refractivity contribution in [1.29, 1.82) is 0 Å². The summed E-state index contributed by atoms with van der Waals surface area (Å²) in [6.07, 6.45) is 0. The van der Waals surface area contributed by atoms with Crippen LogP contribution in [0.3, 0.4) is 0 Å². The number of halogens is 4. The molecule has 5 heteroatoms. The zero-order valence-electron chi connectivity index (χ0n) is 2.13. The van der Waals surface area contributed by atoms with E-state index in [2.05, 4.69) is 0 Å². The summed E-state index contributed by atoms with van der Waals surface area (Å²) >= 11 is 0. The fourth-order valence-corrected chi connectivity index (χ4v) is 0. The minimum absolute atomic E-state index is 0. The summed E-state index contributed by atoms with van der Waals surface area (Å²) in [5, 5.41) is 0. The van der Waals surface area contributed by atoms with Gasteiger partial charge in [0, 0.05) is 31.1 Å². The minimum atomic E-state index is 0. The predicted molar refractivity (Wildman–Crippen MR) is 10.0 cm³/mol. The summed E-state index contributed by atoms with van der Waals surface area (Å²) < 4.78 is 0. The van der Waals surface area contributed by atoms with Crippen LogP contribution in [0.4, 0.5) is 18.8 Å². The molecule has 0 aliphatic rings. The largest absolute Gasteiger partial charge is 0.269 e. The monoisotopic (exact) mass is 318 g/mol. The molecule has 0 aromatic rings. The Morgan fingerprint density at radius 2 is 0.400 bits per heavy atom. The Labute approximate surface area is 50.2 Å². The summed E-state index contributed by atoms with van der Waals surface area (Å²) in [6.45, 7) is 0. The molecule has 0 saturated heterocycles. The second kappa shape index (κ2) is 114. The standard InChI is InChI=1S/4FH.U/h4*1H;. The van der Waals surface area contributed by atoms with Gasteiger partial charge in [-0.05, 0) is 0 Å². The Balaban J connectivity index is 0. The smallest absolute Gasteiger partial charge is 0 e. The first-order chi connectivity index (χ1) is 0. The summed E-state index contributed by atoms with van der Waals surface area (Å²) in [7, 11) is 0. The quantitative estimate of drug-likeness (QED) is 0.574. The molecule has 0 rings (SSSR count). The predicted octanol–water partition coefficient (Wildman–Crippen LogP) is 0.610. The van der Waals surface area contributed by atoms with Crippen molar-refractivity contribution in [1.82, 2.24) is 0 Å². The van der Waals surface area contributed by atoms with Crippen molar-refractivity contribution in [3.8, 4) is 0 Å². The second-order valence-electron chi connectivity index (χ2n) is 0. The Morgan fingerprint density at radius 3 is 0.400 bits per heavy atom. The Morgan fingerprint density at radius 1 is 0.400 bits per heavy atom. The fourth-order valence-electron chi connectivity index (χ4n) is 0. The van der Waals surface area contributed by atoms with E-state index in [0.29, 0.717) is 0 Å². The molecule has 0 fully saturated rings. The molecule has 0 aliphatic heterocycles. The van der Waals surface area contributed by atoms with Gasteiger partial charge in [0.1, 0.15) is 0 Å². The Bertz CT molecular complexity index is 3.61. The summed E-state index contributed by atoms with van der Waals surface area (Å²) in [6, 6.07) is 0. The third kappa shape index (κ3) is 61.5. The van der Waals surface area contributed by atoms with Crippen LogP contribution in [0.25, 0.3) is 0 Å². The molecule has 0 saturated carbocycles. The van der Waals surface area contributed by atoms with Gasteiger partial charge < -0.3 is 0 Å². The molecule has 0 radical (unpaired) electrons. The van der Waals surface area contributed by atoms with E-state index < -0.39 is 0 Å². The molecule has 5 heavy (non-hydrogen) atoms. The van der Waals surface area contributed by atoms with Gasteiger partial charge in [0.15, 0.2) is 0 Å². The summed E-state index contributed by atoms with van der Waals surface area (Å²) in [5.74, 6) is 0. The van der Waals surface area contributed by atoms with Crippen LogP contribution < -0.4 is 0 Å². The molecular formula is H4F4U.